The van der Waals surface area contributed by atoms with Crippen LogP contribution in [0.25, 0.3) is 0 Å². The van der Waals surface area contributed by atoms with E-state index in [1.807, 2.05) is 0 Å². The van der Waals surface area contributed by atoms with Gasteiger partial charge in [0.2, 0.25) is 0 Å². The molecule has 1 N–H and O–H groups in total. The largest absolute Gasteiger partial charge is 0.461 e. The van der Waals surface area contributed by atoms with E-state index < -0.39 is 5.97 Å². The highest BCUT2D eigenvalue weighted by Gasteiger charge is 2.17. The SMILES string of the molecule is CCOC(=O)c1nc(CO)cc(Cl)c1Cl. The first kappa shape index (κ1) is 12.2. The molecule has 0 radical (unpaired) electrons. The Balaban J connectivity index is 3.15. The molecule has 0 amide bonds. The molecule has 0 aromatic carbocycles. The van der Waals surface area contributed by atoms with Crippen molar-refractivity contribution in [3.8, 4) is 0 Å². The molecule has 0 spiro atoms. The molecule has 0 aliphatic carbocycles. The Morgan fingerprint density at radius 2 is 2.27 bits per heavy atom. The maximum absolute atomic E-state index is 11.4. The Bertz CT molecular complexity index is 382. The van der Waals surface area contributed by atoms with Crippen molar-refractivity contribution in [1.29, 1.82) is 0 Å². The minimum atomic E-state index is -0.653. The van der Waals surface area contributed by atoms with Crippen LogP contribution in [0.1, 0.15) is 23.1 Å². The number of hydrogen-bond donors (Lipinski definition) is 1. The lowest BCUT2D eigenvalue weighted by Gasteiger charge is -2.06. The summed E-state index contributed by atoms with van der Waals surface area (Å²) in [5.74, 6) is -0.653. The van der Waals surface area contributed by atoms with E-state index >= 15 is 0 Å². The fraction of sp³-hybridized carbons (Fsp3) is 0.333. The normalized spacial score (nSPS) is 10.1. The number of carbonyl (C=O) groups is 1. The Kier molecular flexibility index (Phi) is 4.32. The van der Waals surface area contributed by atoms with Gasteiger partial charge in [0.05, 0.1) is 29.0 Å². The second-order valence-electron chi connectivity index (χ2n) is 2.64. The number of aliphatic hydroxyl groups excluding tert-OH is 1. The van der Waals surface area contributed by atoms with Crippen LogP contribution < -0.4 is 0 Å². The third-order valence-electron chi connectivity index (χ3n) is 1.60. The molecular weight excluding hydrogens is 241 g/mol. The van der Waals surface area contributed by atoms with Gasteiger partial charge in [0.1, 0.15) is 0 Å². The van der Waals surface area contributed by atoms with E-state index in [9.17, 15) is 4.79 Å². The van der Waals surface area contributed by atoms with Crippen LogP contribution in [0.5, 0.6) is 0 Å². The van der Waals surface area contributed by atoms with Crippen LogP contribution >= 0.6 is 23.2 Å². The van der Waals surface area contributed by atoms with E-state index in [0.29, 0.717) is 0 Å². The van der Waals surface area contributed by atoms with Gasteiger partial charge in [-0.05, 0) is 13.0 Å². The number of carbonyl (C=O) groups excluding carboxylic acids is 1. The molecule has 0 aliphatic heterocycles. The Morgan fingerprint density at radius 1 is 1.60 bits per heavy atom. The van der Waals surface area contributed by atoms with E-state index in [2.05, 4.69) is 4.98 Å². The summed E-state index contributed by atoms with van der Waals surface area (Å²) in [7, 11) is 0. The van der Waals surface area contributed by atoms with Crippen molar-refractivity contribution < 1.29 is 14.6 Å². The molecule has 0 fully saturated rings. The topological polar surface area (TPSA) is 59.4 Å². The number of hydrogen-bond acceptors (Lipinski definition) is 4. The molecule has 0 aliphatic rings. The van der Waals surface area contributed by atoms with Gasteiger partial charge in [-0.1, -0.05) is 23.2 Å². The minimum Gasteiger partial charge on any atom is -0.461 e. The fourth-order valence-corrected chi connectivity index (χ4v) is 1.35. The predicted octanol–water partition coefficient (Wildman–Crippen LogP) is 2.06. The van der Waals surface area contributed by atoms with Gasteiger partial charge < -0.3 is 9.84 Å². The molecule has 0 unspecified atom stereocenters. The number of rotatable bonds is 3. The van der Waals surface area contributed by atoms with Crippen molar-refractivity contribution in [1.82, 2.24) is 4.98 Å². The number of esters is 1. The van der Waals surface area contributed by atoms with Crippen LogP contribution in [0.3, 0.4) is 0 Å². The summed E-state index contributed by atoms with van der Waals surface area (Å²) in [5.41, 5.74) is 0.197. The van der Waals surface area contributed by atoms with Crippen molar-refractivity contribution in [3.63, 3.8) is 0 Å². The standard InChI is InChI=1S/C9H9Cl2NO3/c1-2-15-9(14)8-7(11)6(10)3-5(4-13)12-8/h3,13H,2,4H2,1H3. The van der Waals surface area contributed by atoms with Crippen LogP contribution in [0.2, 0.25) is 10.0 Å². The molecular formula is C9H9Cl2NO3. The first-order valence-corrected chi connectivity index (χ1v) is 4.98. The van der Waals surface area contributed by atoms with E-state index in [0.717, 1.165) is 0 Å². The first-order chi connectivity index (χ1) is 7.10. The molecule has 82 valence electrons. The molecule has 1 heterocycles. The summed E-state index contributed by atoms with van der Waals surface area (Å²) in [5, 5.41) is 9.07. The number of aromatic nitrogens is 1. The Hall–Kier alpha value is -0.840. The lowest BCUT2D eigenvalue weighted by Crippen LogP contribution is -2.09. The van der Waals surface area contributed by atoms with Crippen LogP contribution in [0.4, 0.5) is 0 Å². The van der Waals surface area contributed by atoms with Gasteiger partial charge in [0.25, 0.3) is 0 Å². The summed E-state index contributed by atoms with van der Waals surface area (Å²) in [6, 6.07) is 1.40. The van der Waals surface area contributed by atoms with Gasteiger partial charge in [0, 0.05) is 0 Å². The number of nitrogens with zero attached hydrogens (tertiary/aromatic N) is 1. The highest BCUT2D eigenvalue weighted by atomic mass is 35.5. The molecule has 0 saturated carbocycles. The lowest BCUT2D eigenvalue weighted by molar-refractivity contribution is 0.0519. The monoisotopic (exact) mass is 249 g/mol. The number of pyridine rings is 1. The summed E-state index contributed by atoms with van der Waals surface area (Å²) in [6.07, 6.45) is 0. The highest BCUT2D eigenvalue weighted by molar-refractivity contribution is 6.43. The summed E-state index contributed by atoms with van der Waals surface area (Å²) >= 11 is 11.5. The van der Waals surface area contributed by atoms with Gasteiger partial charge in [-0.15, -0.1) is 0 Å². The quantitative estimate of drug-likeness (QED) is 0.834. The zero-order chi connectivity index (χ0) is 11.4. The average molecular weight is 250 g/mol. The van der Waals surface area contributed by atoms with E-state index in [4.69, 9.17) is 33.0 Å². The third-order valence-corrected chi connectivity index (χ3v) is 2.37. The molecule has 1 aromatic heterocycles. The predicted molar refractivity (Wildman–Crippen MR) is 56.1 cm³/mol. The first-order valence-electron chi connectivity index (χ1n) is 4.23. The fourth-order valence-electron chi connectivity index (χ4n) is 0.963. The van der Waals surface area contributed by atoms with Gasteiger partial charge in [-0.3, -0.25) is 0 Å². The number of halogens is 2. The molecule has 1 aromatic rings. The average Bonchev–Trinajstić information content (AvgIpc) is 2.22. The van der Waals surface area contributed by atoms with Crippen molar-refractivity contribution in [2.75, 3.05) is 6.61 Å². The van der Waals surface area contributed by atoms with Crippen molar-refractivity contribution >= 4 is 29.2 Å². The van der Waals surface area contributed by atoms with E-state index in [-0.39, 0.29) is 34.6 Å². The molecule has 0 atom stereocenters. The molecule has 15 heavy (non-hydrogen) atoms. The van der Waals surface area contributed by atoms with Crippen LogP contribution in [-0.4, -0.2) is 22.7 Å². The van der Waals surface area contributed by atoms with Crippen LogP contribution in [0.15, 0.2) is 6.07 Å². The smallest absolute Gasteiger partial charge is 0.358 e. The Labute approximate surface area is 96.8 Å². The maximum atomic E-state index is 11.4. The summed E-state index contributed by atoms with van der Waals surface area (Å²) < 4.78 is 4.74. The third kappa shape index (κ3) is 2.81. The summed E-state index contributed by atoms with van der Waals surface area (Å²) in [6.45, 7) is 1.57. The molecule has 0 saturated heterocycles. The molecule has 6 heteroatoms. The highest BCUT2D eigenvalue weighted by Crippen LogP contribution is 2.26. The number of aliphatic hydroxyl groups is 1. The van der Waals surface area contributed by atoms with Crippen molar-refractivity contribution in [3.05, 3.63) is 27.5 Å². The molecule has 0 bridgehead atoms. The van der Waals surface area contributed by atoms with Crippen LogP contribution in [-0.2, 0) is 11.3 Å². The van der Waals surface area contributed by atoms with Crippen molar-refractivity contribution in [2.45, 2.75) is 13.5 Å². The zero-order valence-corrected chi connectivity index (χ0v) is 9.47. The number of ether oxygens (including phenoxy) is 1. The van der Waals surface area contributed by atoms with Gasteiger partial charge in [-0.2, -0.15) is 0 Å². The van der Waals surface area contributed by atoms with Gasteiger partial charge >= 0.3 is 5.97 Å². The summed E-state index contributed by atoms with van der Waals surface area (Å²) in [4.78, 5) is 15.2. The van der Waals surface area contributed by atoms with Gasteiger partial charge in [0.15, 0.2) is 5.69 Å². The van der Waals surface area contributed by atoms with Crippen LogP contribution in [0, 0.1) is 0 Å². The van der Waals surface area contributed by atoms with Gasteiger partial charge in [-0.25, -0.2) is 9.78 Å². The molecule has 1 rings (SSSR count). The van der Waals surface area contributed by atoms with E-state index in [1.165, 1.54) is 6.07 Å². The second kappa shape index (κ2) is 5.30. The lowest BCUT2D eigenvalue weighted by atomic mass is 10.3. The van der Waals surface area contributed by atoms with Crippen molar-refractivity contribution in [2.24, 2.45) is 0 Å². The second-order valence-corrected chi connectivity index (χ2v) is 3.42. The molecule has 4 nitrogen and oxygen atoms in total. The maximum Gasteiger partial charge on any atom is 0.358 e. The minimum absolute atomic E-state index is 0.0346. The zero-order valence-electron chi connectivity index (χ0n) is 7.96. The van der Waals surface area contributed by atoms with E-state index in [1.54, 1.807) is 6.92 Å². The Morgan fingerprint density at radius 3 is 2.80 bits per heavy atom.